The highest BCUT2D eigenvalue weighted by Gasteiger charge is 2.82. The molecule has 0 unspecified atom stereocenters. The molecule has 152 valence electrons. The van der Waals surface area contributed by atoms with Gasteiger partial charge in [0.15, 0.2) is 17.1 Å². The number of nitrogens with zero attached hydrogens (tertiary/aromatic N) is 2. The third-order valence-corrected chi connectivity index (χ3v) is 8.41. The fraction of sp³-hybridized carbons (Fsp3) is 0.571. The van der Waals surface area contributed by atoms with Crippen molar-refractivity contribution in [2.45, 2.75) is 48.5 Å². The molecule has 8 heteroatoms. The van der Waals surface area contributed by atoms with Crippen molar-refractivity contribution in [2.24, 2.45) is 5.41 Å². The predicted octanol–water partition coefficient (Wildman–Crippen LogP) is 1.47. The number of likely N-dealkylation sites (tertiary alicyclic amines) is 1. The van der Waals surface area contributed by atoms with Gasteiger partial charge in [0.25, 0.3) is 0 Å². The number of benzene rings is 1. The van der Waals surface area contributed by atoms with Crippen LogP contribution in [0.5, 0.6) is 11.5 Å². The van der Waals surface area contributed by atoms with Crippen molar-refractivity contribution in [2.75, 3.05) is 20.8 Å². The largest absolute Gasteiger partial charge is 0.493 e. The first-order valence-electron chi connectivity index (χ1n) is 9.96. The highest BCUT2D eigenvalue weighted by Crippen LogP contribution is 2.73. The smallest absolute Gasteiger partial charge is 0.249 e. The fourth-order valence-electron chi connectivity index (χ4n) is 7.35. The number of amides is 1. The first kappa shape index (κ1) is 17.3. The quantitative estimate of drug-likeness (QED) is 0.330. The number of fused-ring (bicyclic) bond motifs is 1. The molecule has 1 amide bonds. The molecule has 1 aromatic rings. The summed E-state index contributed by atoms with van der Waals surface area (Å²) in [6.45, 7) is 0.600. The van der Waals surface area contributed by atoms with Crippen molar-refractivity contribution in [3.05, 3.63) is 45.5 Å². The SMILES string of the molecule is COc1ccc2c3c1O[C@H]1[C@@]4(OC)C=C[C@@]5(C[C@@H]4[N+](=O)[O-])[C@@H](C2)N(C=O)CC[C@]315. The van der Waals surface area contributed by atoms with Gasteiger partial charge in [0.05, 0.1) is 12.5 Å². The maximum atomic E-state index is 12.2. The van der Waals surface area contributed by atoms with Crippen molar-refractivity contribution >= 4 is 6.41 Å². The van der Waals surface area contributed by atoms with Crippen LogP contribution in [0.1, 0.15) is 24.0 Å². The zero-order valence-electron chi connectivity index (χ0n) is 16.3. The number of hydrogen-bond donors (Lipinski definition) is 0. The van der Waals surface area contributed by atoms with Crippen LogP contribution in [0.2, 0.25) is 0 Å². The normalized spacial score (nSPS) is 42.3. The number of hydrogen-bond acceptors (Lipinski definition) is 6. The maximum absolute atomic E-state index is 12.2. The molecule has 2 fully saturated rings. The van der Waals surface area contributed by atoms with Crippen molar-refractivity contribution in [3.8, 4) is 11.5 Å². The Morgan fingerprint density at radius 1 is 1.34 bits per heavy atom. The molecule has 1 saturated carbocycles. The van der Waals surface area contributed by atoms with Crippen LogP contribution in [0.25, 0.3) is 0 Å². The van der Waals surface area contributed by atoms with Crippen molar-refractivity contribution in [1.29, 1.82) is 0 Å². The van der Waals surface area contributed by atoms with Crippen LogP contribution in [0.3, 0.4) is 0 Å². The predicted molar refractivity (Wildman–Crippen MR) is 101 cm³/mol. The number of methoxy groups -OCH3 is 2. The van der Waals surface area contributed by atoms with Crippen LogP contribution in [0.4, 0.5) is 0 Å². The van der Waals surface area contributed by atoms with Gasteiger partial charge in [-0.05, 0) is 30.5 Å². The van der Waals surface area contributed by atoms with Crippen LogP contribution in [0, 0.1) is 15.5 Å². The van der Waals surface area contributed by atoms with E-state index in [0.29, 0.717) is 37.3 Å². The molecule has 0 aromatic heterocycles. The third-order valence-electron chi connectivity index (χ3n) is 8.41. The van der Waals surface area contributed by atoms with Gasteiger partial charge in [0, 0.05) is 42.0 Å². The Hall–Kier alpha value is -2.61. The van der Waals surface area contributed by atoms with Gasteiger partial charge in [-0.1, -0.05) is 12.1 Å². The summed E-state index contributed by atoms with van der Waals surface area (Å²) in [5.74, 6) is 1.33. The molecular weight excluding hydrogens is 376 g/mol. The lowest BCUT2D eigenvalue weighted by Gasteiger charge is -2.68. The van der Waals surface area contributed by atoms with E-state index in [4.69, 9.17) is 14.2 Å². The Labute approximate surface area is 167 Å². The Kier molecular flexibility index (Phi) is 3.04. The number of piperidine rings is 1. The molecule has 0 N–H and O–H groups in total. The standard InChI is InChI=1S/C21H22N2O6/c1-27-13-4-3-12-9-14-19-5-6-21(28-2,15(10-19)23(25)26)18-20(19,7-8-22(14)11-24)16(12)17(13)29-18/h3-6,11,14-15,18H,7-10H2,1-2H3/t14-,15+,18-,19-,20+,21-/m1/s1. The topological polar surface area (TPSA) is 91.1 Å². The molecule has 6 aliphatic rings. The number of carbonyl (C=O) groups excluding carboxylic acids is 1. The van der Waals surface area contributed by atoms with Crippen molar-refractivity contribution < 1.29 is 23.9 Å². The molecule has 2 aliphatic heterocycles. The Morgan fingerprint density at radius 2 is 2.17 bits per heavy atom. The van der Waals surface area contributed by atoms with Crippen molar-refractivity contribution in [3.63, 3.8) is 0 Å². The van der Waals surface area contributed by atoms with E-state index in [1.807, 2.05) is 17.0 Å². The molecule has 0 radical (unpaired) electrons. The first-order valence-corrected chi connectivity index (χ1v) is 9.96. The summed E-state index contributed by atoms with van der Waals surface area (Å²) < 4.78 is 18.1. The summed E-state index contributed by atoms with van der Waals surface area (Å²) in [5.41, 5.74) is 0.0647. The number of carbonyl (C=O) groups is 1. The maximum Gasteiger partial charge on any atom is 0.249 e. The van der Waals surface area contributed by atoms with Gasteiger partial charge >= 0.3 is 0 Å². The van der Waals surface area contributed by atoms with Gasteiger partial charge in [-0.25, -0.2) is 0 Å². The summed E-state index contributed by atoms with van der Waals surface area (Å²) >= 11 is 0. The molecule has 6 atom stereocenters. The lowest BCUT2D eigenvalue weighted by molar-refractivity contribution is -0.558. The van der Waals surface area contributed by atoms with Gasteiger partial charge in [0.2, 0.25) is 12.5 Å². The van der Waals surface area contributed by atoms with Gasteiger partial charge < -0.3 is 19.1 Å². The molecule has 2 spiro atoms. The highest BCUT2D eigenvalue weighted by molar-refractivity contribution is 5.66. The van der Waals surface area contributed by atoms with Crippen LogP contribution in [-0.2, 0) is 21.4 Å². The average molecular weight is 398 g/mol. The van der Waals surface area contributed by atoms with Gasteiger partial charge in [0.1, 0.15) is 6.10 Å². The molecule has 4 aliphatic carbocycles. The van der Waals surface area contributed by atoms with Crippen LogP contribution in [0.15, 0.2) is 24.3 Å². The number of rotatable bonds is 4. The Bertz CT molecular complexity index is 994. The van der Waals surface area contributed by atoms with Crippen LogP contribution >= 0.6 is 0 Å². The molecule has 8 nitrogen and oxygen atoms in total. The van der Waals surface area contributed by atoms with E-state index in [1.165, 1.54) is 7.11 Å². The lowest BCUT2D eigenvalue weighted by atomic mass is 9.38. The first-order chi connectivity index (χ1) is 14.0. The monoisotopic (exact) mass is 398 g/mol. The second-order valence-electron chi connectivity index (χ2n) is 8.85. The van der Waals surface area contributed by atoms with Crippen LogP contribution in [-0.4, -0.2) is 60.8 Å². The molecule has 2 heterocycles. The van der Waals surface area contributed by atoms with E-state index in [-0.39, 0.29) is 11.0 Å². The molecule has 1 saturated heterocycles. The summed E-state index contributed by atoms with van der Waals surface area (Å²) in [5, 5.41) is 12.2. The molecule has 7 rings (SSSR count). The second-order valence-corrected chi connectivity index (χ2v) is 8.85. The van der Waals surface area contributed by atoms with Gasteiger partial charge in [-0.3, -0.25) is 14.9 Å². The minimum absolute atomic E-state index is 0.138. The molecule has 1 aromatic carbocycles. The Morgan fingerprint density at radius 3 is 2.86 bits per heavy atom. The lowest BCUT2D eigenvalue weighted by Crippen LogP contribution is -2.81. The zero-order valence-corrected chi connectivity index (χ0v) is 16.3. The second kappa shape index (κ2) is 5.11. The molecule has 29 heavy (non-hydrogen) atoms. The summed E-state index contributed by atoms with van der Waals surface area (Å²) in [6.07, 6.45) is 5.98. The van der Waals surface area contributed by atoms with E-state index in [9.17, 15) is 14.9 Å². The van der Waals surface area contributed by atoms with E-state index >= 15 is 0 Å². The highest BCUT2D eigenvalue weighted by atomic mass is 16.6. The Balaban J connectivity index is 1.71. The van der Waals surface area contributed by atoms with Crippen LogP contribution < -0.4 is 9.47 Å². The van der Waals surface area contributed by atoms with E-state index in [0.717, 1.165) is 17.5 Å². The number of nitro groups is 1. The van der Waals surface area contributed by atoms with E-state index < -0.39 is 28.6 Å². The molecule has 4 bridgehead atoms. The van der Waals surface area contributed by atoms with Gasteiger partial charge in [-0.15, -0.1) is 0 Å². The minimum atomic E-state index is -1.15. The number of ether oxygens (including phenoxy) is 3. The fourth-order valence-corrected chi connectivity index (χ4v) is 7.35. The molecular formula is C21H22N2O6. The van der Waals surface area contributed by atoms with Crippen molar-refractivity contribution in [1.82, 2.24) is 4.90 Å². The average Bonchev–Trinajstić information content (AvgIpc) is 3.10. The third kappa shape index (κ3) is 1.56. The summed E-state index contributed by atoms with van der Waals surface area (Å²) in [4.78, 5) is 25.7. The van der Waals surface area contributed by atoms with Gasteiger partial charge in [-0.2, -0.15) is 0 Å². The van der Waals surface area contributed by atoms with E-state index in [1.54, 1.807) is 7.11 Å². The summed E-state index contributed by atoms with van der Waals surface area (Å²) in [6, 6.07) is 2.86. The van der Waals surface area contributed by atoms with E-state index in [2.05, 4.69) is 12.1 Å². The zero-order chi connectivity index (χ0) is 20.2. The minimum Gasteiger partial charge on any atom is -0.493 e. The summed E-state index contributed by atoms with van der Waals surface area (Å²) in [7, 11) is 3.14.